The van der Waals surface area contributed by atoms with E-state index >= 15 is 0 Å². The van der Waals surface area contributed by atoms with E-state index in [2.05, 4.69) is 59.9 Å². The van der Waals surface area contributed by atoms with Crippen molar-refractivity contribution in [2.75, 3.05) is 10.6 Å². The van der Waals surface area contributed by atoms with Gasteiger partial charge in [0.15, 0.2) is 12.0 Å². The Hall–Kier alpha value is -1.61. The Morgan fingerprint density at radius 1 is 1.36 bits per heavy atom. The Morgan fingerprint density at radius 3 is 2.64 bits per heavy atom. The normalized spacial score (nSPS) is 13.3. The third kappa shape index (κ3) is 6.32. The summed E-state index contributed by atoms with van der Waals surface area (Å²) in [7, 11) is 0. The first-order chi connectivity index (χ1) is 11.9. The maximum atomic E-state index is 13.6. The lowest BCUT2D eigenvalue weighted by Gasteiger charge is -2.17. The number of halogens is 2. The van der Waals surface area contributed by atoms with E-state index in [1.54, 1.807) is 11.3 Å². The summed E-state index contributed by atoms with van der Waals surface area (Å²) in [6, 6.07) is 2.24. The van der Waals surface area contributed by atoms with E-state index in [9.17, 15) is 9.18 Å². The van der Waals surface area contributed by atoms with E-state index in [-0.39, 0.29) is 29.7 Å². The zero-order valence-corrected chi connectivity index (χ0v) is 16.7. The molecular formula is C16H21BrFN5OS. The van der Waals surface area contributed by atoms with Gasteiger partial charge in [0.05, 0.1) is 0 Å². The van der Waals surface area contributed by atoms with Crippen LogP contribution in [0.2, 0.25) is 0 Å². The van der Waals surface area contributed by atoms with Gasteiger partial charge in [-0.05, 0) is 48.2 Å². The lowest BCUT2D eigenvalue weighted by atomic mass is 10.1. The van der Waals surface area contributed by atoms with Gasteiger partial charge in [0.2, 0.25) is 17.8 Å². The maximum Gasteiger partial charge on any atom is 0.234 e. The van der Waals surface area contributed by atoms with Gasteiger partial charge in [-0.3, -0.25) is 10.1 Å². The summed E-state index contributed by atoms with van der Waals surface area (Å²) in [6.45, 7) is 4.77. The molecule has 9 heteroatoms. The molecule has 25 heavy (non-hydrogen) atoms. The second kappa shape index (κ2) is 9.19. The zero-order chi connectivity index (χ0) is 18.4. The number of rotatable bonds is 8. The fourth-order valence-electron chi connectivity index (χ4n) is 2.21. The number of carbonyl (C=O) groups excluding carboxylic acids is 1. The first kappa shape index (κ1) is 19.7. The molecule has 0 fully saturated rings. The molecule has 0 aliphatic carbocycles. The summed E-state index contributed by atoms with van der Waals surface area (Å²) < 4.78 is 14.7. The summed E-state index contributed by atoms with van der Waals surface area (Å²) >= 11 is 5.17. The van der Waals surface area contributed by atoms with Crippen molar-refractivity contribution in [3.05, 3.63) is 26.6 Å². The van der Waals surface area contributed by atoms with Gasteiger partial charge >= 0.3 is 0 Å². The number of hydrogen-bond acceptors (Lipinski definition) is 6. The molecule has 2 aromatic heterocycles. The van der Waals surface area contributed by atoms with Crippen LogP contribution in [0.1, 0.15) is 50.5 Å². The smallest absolute Gasteiger partial charge is 0.234 e. The van der Waals surface area contributed by atoms with Crippen LogP contribution in [0.15, 0.2) is 15.9 Å². The predicted molar refractivity (Wildman–Crippen MR) is 102 cm³/mol. The number of nitrogens with zero attached hydrogens (tertiary/aromatic N) is 3. The molecule has 0 spiro atoms. The summed E-state index contributed by atoms with van der Waals surface area (Å²) in [5, 5.41) is 7.77. The molecule has 6 nitrogen and oxygen atoms in total. The molecule has 2 atom stereocenters. The van der Waals surface area contributed by atoms with E-state index in [4.69, 9.17) is 0 Å². The van der Waals surface area contributed by atoms with Crippen molar-refractivity contribution in [1.29, 1.82) is 0 Å². The molecule has 0 saturated heterocycles. The van der Waals surface area contributed by atoms with Gasteiger partial charge in [0.1, 0.15) is 0 Å². The van der Waals surface area contributed by atoms with Crippen LogP contribution in [0.25, 0.3) is 0 Å². The van der Waals surface area contributed by atoms with Crippen LogP contribution in [0.5, 0.6) is 0 Å². The van der Waals surface area contributed by atoms with Gasteiger partial charge < -0.3 is 5.32 Å². The van der Waals surface area contributed by atoms with E-state index in [0.29, 0.717) is 0 Å². The highest BCUT2D eigenvalue weighted by Crippen LogP contribution is 2.22. The second-order valence-corrected chi connectivity index (χ2v) is 7.57. The minimum absolute atomic E-state index is 0.00158. The lowest BCUT2D eigenvalue weighted by molar-refractivity contribution is -0.114. The third-order valence-electron chi connectivity index (χ3n) is 3.48. The number of aryl methyl sites for hydroxylation is 1. The number of hydrogen-bond donors (Lipinski definition) is 2. The van der Waals surface area contributed by atoms with Crippen LogP contribution in [0, 0.1) is 0 Å². The minimum atomic E-state index is -1.35. The number of amides is 1. The molecule has 136 valence electrons. The van der Waals surface area contributed by atoms with Crippen LogP contribution in [-0.2, 0) is 11.2 Å². The van der Waals surface area contributed by atoms with E-state index < -0.39 is 6.17 Å². The van der Waals surface area contributed by atoms with Gasteiger partial charge in [-0.2, -0.15) is 15.0 Å². The van der Waals surface area contributed by atoms with Crippen LogP contribution >= 0.6 is 27.3 Å². The molecule has 0 aliphatic rings. The molecule has 1 amide bonds. The lowest BCUT2D eigenvalue weighted by Crippen LogP contribution is -2.22. The highest BCUT2D eigenvalue weighted by Gasteiger charge is 2.15. The minimum Gasteiger partial charge on any atom is -0.351 e. The van der Waals surface area contributed by atoms with Gasteiger partial charge in [-0.25, -0.2) is 4.39 Å². The Labute approximate surface area is 158 Å². The average molecular weight is 430 g/mol. The quantitative estimate of drug-likeness (QED) is 0.644. The number of carbonyl (C=O) groups is 1. The topological polar surface area (TPSA) is 79.8 Å². The Balaban J connectivity index is 2.09. The Morgan fingerprint density at radius 2 is 2.08 bits per heavy atom. The number of nitrogens with one attached hydrogen (secondary N) is 2. The van der Waals surface area contributed by atoms with Crippen LogP contribution in [0.4, 0.5) is 16.3 Å². The van der Waals surface area contributed by atoms with Crippen LogP contribution in [-0.4, -0.2) is 26.9 Å². The number of aromatic nitrogens is 3. The third-order valence-corrected chi connectivity index (χ3v) is 5.24. The number of anilines is 2. The fourth-order valence-corrected chi connectivity index (χ4v) is 3.68. The highest BCUT2D eigenvalue weighted by atomic mass is 79.9. The fraction of sp³-hybridized carbons (Fsp3) is 0.500. The van der Waals surface area contributed by atoms with Gasteiger partial charge in [0.25, 0.3) is 0 Å². The first-order valence-corrected chi connectivity index (χ1v) is 9.71. The zero-order valence-electron chi connectivity index (χ0n) is 14.3. The maximum absolute atomic E-state index is 13.6. The molecule has 2 rings (SSSR count). The molecule has 0 aromatic carbocycles. The SMILES string of the molecule is CCC(CCc1cc(Br)cs1)Nc1nc(NC(C)=O)nc(C(C)F)n1. The van der Waals surface area contributed by atoms with E-state index in [1.165, 1.54) is 18.7 Å². The van der Waals surface area contributed by atoms with Crippen LogP contribution < -0.4 is 10.6 Å². The summed E-state index contributed by atoms with van der Waals surface area (Å²) in [4.78, 5) is 24.7. The molecule has 0 bridgehead atoms. The van der Waals surface area contributed by atoms with E-state index in [1.807, 2.05) is 0 Å². The molecule has 2 aromatic rings. The van der Waals surface area contributed by atoms with E-state index in [0.717, 1.165) is 23.7 Å². The van der Waals surface area contributed by atoms with Gasteiger partial charge in [-0.15, -0.1) is 11.3 Å². The summed E-state index contributed by atoms with van der Waals surface area (Å²) in [5.74, 6) is 0.0159. The van der Waals surface area contributed by atoms with Crippen molar-refractivity contribution in [3.8, 4) is 0 Å². The van der Waals surface area contributed by atoms with Crippen molar-refractivity contribution in [2.45, 2.75) is 52.2 Å². The molecule has 2 unspecified atom stereocenters. The molecule has 2 heterocycles. The van der Waals surface area contributed by atoms with Crippen molar-refractivity contribution >= 4 is 45.1 Å². The van der Waals surface area contributed by atoms with Gasteiger partial charge in [-0.1, -0.05) is 6.92 Å². The molecule has 0 saturated carbocycles. The van der Waals surface area contributed by atoms with Crippen LogP contribution in [0.3, 0.4) is 0 Å². The molecule has 0 aliphatic heterocycles. The molecular weight excluding hydrogens is 409 g/mol. The van der Waals surface area contributed by atoms with Crippen molar-refractivity contribution < 1.29 is 9.18 Å². The predicted octanol–water partition coefficient (Wildman–Crippen LogP) is 4.51. The highest BCUT2D eigenvalue weighted by molar-refractivity contribution is 9.10. The number of thiophene rings is 1. The summed E-state index contributed by atoms with van der Waals surface area (Å²) in [5.41, 5.74) is 0. The second-order valence-electron chi connectivity index (χ2n) is 5.66. The molecule has 0 radical (unpaired) electrons. The standard InChI is InChI=1S/C16H21BrFN5OS/c1-4-12(5-6-13-7-11(17)8-25-13)20-16-22-14(9(2)18)21-15(23-16)19-10(3)24/h7-9,12H,4-6H2,1-3H3,(H2,19,20,21,22,23,24). The Bertz CT molecular complexity index is 724. The first-order valence-electron chi connectivity index (χ1n) is 8.04. The monoisotopic (exact) mass is 429 g/mol. The Kier molecular flexibility index (Phi) is 7.24. The molecule has 2 N–H and O–H groups in total. The van der Waals surface area contributed by atoms with Crippen molar-refractivity contribution in [3.63, 3.8) is 0 Å². The number of alkyl halides is 1. The van der Waals surface area contributed by atoms with Crippen molar-refractivity contribution in [1.82, 2.24) is 15.0 Å². The largest absolute Gasteiger partial charge is 0.351 e. The van der Waals surface area contributed by atoms with Crippen molar-refractivity contribution in [2.24, 2.45) is 0 Å². The average Bonchev–Trinajstić information content (AvgIpc) is 2.96. The van der Waals surface area contributed by atoms with Gasteiger partial charge in [0, 0.05) is 27.7 Å². The summed E-state index contributed by atoms with van der Waals surface area (Å²) in [6.07, 6.45) is 1.34.